The van der Waals surface area contributed by atoms with Crippen LogP contribution in [0.15, 0.2) is 48.8 Å². The lowest BCUT2D eigenvalue weighted by Crippen LogP contribution is -2.39. The Balaban J connectivity index is 1.27. The molecule has 1 fully saturated rings. The number of benzene rings is 1. The Morgan fingerprint density at radius 1 is 1.17 bits per heavy atom. The van der Waals surface area contributed by atoms with E-state index in [4.69, 9.17) is 4.74 Å². The van der Waals surface area contributed by atoms with Crippen LogP contribution in [0.2, 0.25) is 0 Å². The summed E-state index contributed by atoms with van der Waals surface area (Å²) < 4.78 is 15.3. The minimum Gasteiger partial charge on any atom is -0.493 e. The lowest BCUT2D eigenvalue weighted by Gasteiger charge is -2.32. The van der Waals surface area contributed by atoms with Crippen LogP contribution in [0.3, 0.4) is 0 Å². The molecule has 0 aliphatic carbocycles. The molecule has 1 aliphatic heterocycles. The molecule has 2 aromatic heterocycles. The summed E-state index contributed by atoms with van der Waals surface area (Å²) in [6.45, 7) is 1.52. The summed E-state index contributed by atoms with van der Waals surface area (Å²) >= 11 is 1.03. The van der Waals surface area contributed by atoms with Crippen molar-refractivity contribution in [3.05, 3.63) is 54.5 Å². The van der Waals surface area contributed by atoms with E-state index in [0.717, 1.165) is 30.3 Å². The molecule has 0 saturated carbocycles. The van der Waals surface area contributed by atoms with E-state index in [1.807, 2.05) is 35.0 Å². The van der Waals surface area contributed by atoms with Gasteiger partial charge in [0.1, 0.15) is 11.6 Å². The molecule has 30 heavy (non-hydrogen) atoms. The van der Waals surface area contributed by atoms with E-state index in [1.54, 1.807) is 17.2 Å². The van der Waals surface area contributed by atoms with Gasteiger partial charge in [0, 0.05) is 19.2 Å². The van der Waals surface area contributed by atoms with E-state index in [2.05, 4.69) is 19.2 Å². The van der Waals surface area contributed by atoms with Gasteiger partial charge in [-0.25, -0.2) is 4.68 Å². The number of carbonyl (C=O) groups is 2. The standard InChI is InChI=1S/C20H22N6O3S/c27-19(9-13-29-16-4-2-1-3-5-16)23-18-6-10-21-26(18)15-7-11-25(12-8-15)20(28)17-14-22-30-24-17/h1-6,10,14-15H,7-9,11-13H2,(H,23,27). The maximum absolute atomic E-state index is 12.4. The van der Waals surface area contributed by atoms with E-state index >= 15 is 0 Å². The van der Waals surface area contributed by atoms with E-state index < -0.39 is 0 Å². The van der Waals surface area contributed by atoms with Crippen molar-refractivity contribution in [1.29, 1.82) is 0 Å². The molecule has 1 N–H and O–H groups in total. The van der Waals surface area contributed by atoms with Crippen molar-refractivity contribution < 1.29 is 14.3 Å². The third-order valence-corrected chi connectivity index (χ3v) is 5.43. The highest BCUT2D eigenvalue weighted by Crippen LogP contribution is 2.26. The van der Waals surface area contributed by atoms with Gasteiger partial charge in [0.25, 0.3) is 5.91 Å². The summed E-state index contributed by atoms with van der Waals surface area (Å²) in [5.74, 6) is 1.18. The molecule has 9 nitrogen and oxygen atoms in total. The molecule has 4 rings (SSSR count). The molecule has 0 unspecified atom stereocenters. The normalized spacial score (nSPS) is 14.5. The number of ether oxygens (including phenoxy) is 1. The molecule has 0 spiro atoms. The van der Waals surface area contributed by atoms with E-state index in [-0.39, 0.29) is 24.3 Å². The van der Waals surface area contributed by atoms with E-state index in [9.17, 15) is 9.59 Å². The number of nitrogens with zero attached hydrogens (tertiary/aromatic N) is 5. The van der Waals surface area contributed by atoms with Crippen LogP contribution in [0.4, 0.5) is 5.82 Å². The highest BCUT2D eigenvalue weighted by atomic mass is 32.1. The van der Waals surface area contributed by atoms with Crippen LogP contribution >= 0.6 is 11.7 Å². The summed E-state index contributed by atoms with van der Waals surface area (Å²) in [5, 5.41) is 7.30. The zero-order valence-corrected chi connectivity index (χ0v) is 17.1. The Labute approximate surface area is 178 Å². The van der Waals surface area contributed by atoms with Gasteiger partial charge in [-0.2, -0.15) is 13.8 Å². The fourth-order valence-corrected chi connectivity index (χ4v) is 3.83. The molecular weight excluding hydrogens is 404 g/mol. The summed E-state index contributed by atoms with van der Waals surface area (Å²) in [6.07, 6.45) is 4.93. The van der Waals surface area contributed by atoms with E-state index in [1.165, 1.54) is 6.20 Å². The number of carbonyl (C=O) groups excluding carboxylic acids is 2. The van der Waals surface area contributed by atoms with Gasteiger partial charge in [-0.05, 0) is 25.0 Å². The number of rotatable bonds is 7. The number of piperidine rings is 1. The largest absolute Gasteiger partial charge is 0.493 e. The monoisotopic (exact) mass is 426 g/mol. The third kappa shape index (κ3) is 4.82. The SMILES string of the molecule is O=C(CCOc1ccccc1)Nc1ccnn1C1CCN(C(=O)c2cnsn2)CC1. The fourth-order valence-electron chi connectivity index (χ4n) is 3.42. The minimum absolute atomic E-state index is 0.0883. The summed E-state index contributed by atoms with van der Waals surface area (Å²) in [7, 11) is 0. The predicted octanol–water partition coefficient (Wildman–Crippen LogP) is 2.62. The predicted molar refractivity (Wildman–Crippen MR) is 111 cm³/mol. The number of amides is 2. The van der Waals surface area contributed by atoms with Gasteiger partial charge in [0.05, 0.1) is 43.2 Å². The average molecular weight is 427 g/mol. The van der Waals surface area contributed by atoms with Crippen LogP contribution in [0.25, 0.3) is 0 Å². The van der Waals surface area contributed by atoms with Crippen molar-refractivity contribution >= 4 is 29.4 Å². The molecule has 0 atom stereocenters. The lowest BCUT2D eigenvalue weighted by molar-refractivity contribution is -0.116. The number of hydrogen-bond acceptors (Lipinski definition) is 7. The van der Waals surface area contributed by atoms with Gasteiger partial charge in [-0.1, -0.05) is 18.2 Å². The molecule has 0 bridgehead atoms. The first-order valence-electron chi connectivity index (χ1n) is 9.79. The molecule has 1 saturated heterocycles. The van der Waals surface area contributed by atoms with Crippen molar-refractivity contribution in [1.82, 2.24) is 23.4 Å². The Morgan fingerprint density at radius 3 is 2.70 bits per heavy atom. The van der Waals surface area contributed by atoms with Crippen molar-refractivity contribution in [2.45, 2.75) is 25.3 Å². The zero-order valence-electron chi connectivity index (χ0n) is 16.3. The first kappa shape index (κ1) is 20.0. The molecular formula is C20H22N6O3S. The summed E-state index contributed by atoms with van der Waals surface area (Å²) in [5.41, 5.74) is 0.392. The number of nitrogens with one attached hydrogen (secondary N) is 1. The van der Waals surface area contributed by atoms with Gasteiger partial charge in [-0.3, -0.25) is 9.59 Å². The van der Waals surface area contributed by atoms with Crippen LogP contribution in [0.1, 0.15) is 35.8 Å². The quantitative estimate of drug-likeness (QED) is 0.623. The first-order chi connectivity index (χ1) is 14.7. The highest BCUT2D eigenvalue weighted by molar-refractivity contribution is 6.99. The molecule has 0 radical (unpaired) electrons. The van der Waals surface area contributed by atoms with Gasteiger partial charge in [0.15, 0.2) is 5.69 Å². The fraction of sp³-hybridized carbons (Fsp3) is 0.350. The average Bonchev–Trinajstić information content (AvgIpc) is 3.47. The molecule has 3 heterocycles. The molecule has 2 amide bonds. The molecule has 156 valence electrons. The van der Waals surface area contributed by atoms with Crippen LogP contribution in [-0.4, -0.2) is 54.9 Å². The Bertz CT molecular complexity index is 968. The molecule has 3 aromatic rings. The maximum Gasteiger partial charge on any atom is 0.275 e. The number of para-hydroxylation sites is 1. The van der Waals surface area contributed by atoms with Gasteiger partial charge in [0.2, 0.25) is 5.91 Å². The van der Waals surface area contributed by atoms with Gasteiger partial charge >= 0.3 is 0 Å². The Morgan fingerprint density at radius 2 is 1.97 bits per heavy atom. The Hall–Kier alpha value is -3.27. The number of aromatic nitrogens is 4. The number of likely N-dealkylation sites (tertiary alicyclic amines) is 1. The molecule has 1 aromatic carbocycles. The van der Waals surface area contributed by atoms with Crippen LogP contribution < -0.4 is 10.1 Å². The summed E-state index contributed by atoms with van der Waals surface area (Å²) in [6, 6.07) is 11.3. The topological polar surface area (TPSA) is 102 Å². The third-order valence-electron chi connectivity index (χ3n) is 4.96. The smallest absolute Gasteiger partial charge is 0.275 e. The van der Waals surface area contributed by atoms with E-state index in [0.29, 0.717) is 31.2 Å². The second kappa shape index (κ2) is 9.49. The van der Waals surface area contributed by atoms with Gasteiger partial charge in [-0.15, -0.1) is 0 Å². The van der Waals surface area contributed by atoms with Crippen LogP contribution in [-0.2, 0) is 4.79 Å². The zero-order chi connectivity index (χ0) is 20.8. The lowest BCUT2D eigenvalue weighted by atomic mass is 10.0. The van der Waals surface area contributed by atoms with Crippen LogP contribution in [0, 0.1) is 0 Å². The van der Waals surface area contributed by atoms with Gasteiger partial charge < -0.3 is 15.0 Å². The molecule has 10 heteroatoms. The second-order valence-electron chi connectivity index (χ2n) is 6.94. The molecule has 1 aliphatic rings. The summed E-state index contributed by atoms with van der Waals surface area (Å²) in [4.78, 5) is 26.5. The van der Waals surface area contributed by atoms with Crippen molar-refractivity contribution in [2.75, 3.05) is 25.0 Å². The highest BCUT2D eigenvalue weighted by Gasteiger charge is 2.27. The number of anilines is 1. The first-order valence-corrected chi connectivity index (χ1v) is 10.5. The Kier molecular flexibility index (Phi) is 6.33. The van der Waals surface area contributed by atoms with Crippen molar-refractivity contribution in [3.63, 3.8) is 0 Å². The maximum atomic E-state index is 12.4. The van der Waals surface area contributed by atoms with Crippen LogP contribution in [0.5, 0.6) is 5.75 Å². The van der Waals surface area contributed by atoms with Crippen molar-refractivity contribution in [3.8, 4) is 5.75 Å². The second-order valence-corrected chi connectivity index (χ2v) is 7.49. The van der Waals surface area contributed by atoms with Crippen molar-refractivity contribution in [2.24, 2.45) is 0 Å². The minimum atomic E-state index is -0.128. The number of hydrogen-bond donors (Lipinski definition) is 1.